The molecular formula is C10H10N3O4+. The minimum atomic E-state index is -0.928. The Balaban J connectivity index is 2.85. The Kier molecular flexibility index (Phi) is 2.13. The largest absolute Gasteiger partial charge is 0.387 e. The first-order valence-corrected chi connectivity index (χ1v) is 4.77. The quantitative estimate of drug-likeness (QED) is 0.480. The van der Waals surface area contributed by atoms with Crippen LogP contribution >= 0.6 is 0 Å². The predicted octanol–water partition coefficient (Wildman–Crippen LogP) is -1.03. The number of hydrogen-bond donors (Lipinski definition) is 2. The number of ketones is 2. The van der Waals surface area contributed by atoms with Gasteiger partial charge in [-0.25, -0.2) is 4.57 Å². The summed E-state index contributed by atoms with van der Waals surface area (Å²) in [5.41, 5.74) is 5.00. The summed E-state index contributed by atoms with van der Waals surface area (Å²) in [6, 6.07) is 0. The maximum absolute atomic E-state index is 11.8. The lowest BCUT2D eigenvalue weighted by molar-refractivity contribution is -0.675. The molecule has 0 aromatic carbocycles. The van der Waals surface area contributed by atoms with Crippen LogP contribution in [0.25, 0.3) is 0 Å². The maximum Gasteiger partial charge on any atom is 0.387 e. The summed E-state index contributed by atoms with van der Waals surface area (Å²) in [5.74, 6) is -2.21. The van der Waals surface area contributed by atoms with E-state index in [9.17, 15) is 19.6 Å². The van der Waals surface area contributed by atoms with Crippen LogP contribution in [-0.2, 0) is 7.05 Å². The lowest BCUT2D eigenvalue weighted by Crippen LogP contribution is -2.42. The van der Waals surface area contributed by atoms with Crippen molar-refractivity contribution < 1.29 is 24.2 Å². The molecule has 2 rings (SSSR count). The number of nitrogens with two attached hydrogens (primary N) is 1. The molecule has 1 aliphatic rings. The number of nitrogens with zero attached hydrogens (tertiary/aromatic N) is 2. The molecule has 0 radical (unpaired) electrons. The van der Waals surface area contributed by atoms with E-state index in [2.05, 4.69) is 0 Å². The Morgan fingerprint density at radius 1 is 1.47 bits per heavy atom. The molecule has 0 saturated heterocycles. The van der Waals surface area contributed by atoms with E-state index in [0.717, 1.165) is 10.6 Å². The van der Waals surface area contributed by atoms with Crippen LogP contribution in [0.4, 0.5) is 0 Å². The second-order valence-corrected chi connectivity index (χ2v) is 3.78. The van der Waals surface area contributed by atoms with E-state index >= 15 is 0 Å². The number of aromatic nitrogens is 2. The number of imidazole rings is 1. The van der Waals surface area contributed by atoms with Crippen molar-refractivity contribution in [3.63, 3.8) is 0 Å². The average molecular weight is 236 g/mol. The van der Waals surface area contributed by atoms with Gasteiger partial charge in [-0.05, 0) is 17.7 Å². The third kappa shape index (κ3) is 1.28. The summed E-state index contributed by atoms with van der Waals surface area (Å²) in [4.78, 5) is 34.7. The molecular weight excluding hydrogens is 226 g/mol. The van der Waals surface area contributed by atoms with Crippen LogP contribution < -0.4 is 10.3 Å². The van der Waals surface area contributed by atoms with Crippen LogP contribution in [0.3, 0.4) is 0 Å². The Labute approximate surface area is 95.7 Å². The fourth-order valence-electron chi connectivity index (χ4n) is 1.89. The van der Waals surface area contributed by atoms with Crippen molar-refractivity contribution in [3.8, 4) is 0 Å². The van der Waals surface area contributed by atoms with E-state index in [4.69, 9.17) is 5.73 Å². The summed E-state index contributed by atoms with van der Waals surface area (Å²) in [6.07, 6.45) is 1.16. The number of carbonyl (C=O) groups is 3. The van der Waals surface area contributed by atoms with Gasteiger partial charge in [-0.15, -0.1) is 0 Å². The number of hydrogen-bond acceptors (Lipinski definition) is 4. The molecule has 7 nitrogen and oxygen atoms in total. The Bertz CT molecular complexity index is 610. The minimum absolute atomic E-state index is 0.0445. The van der Waals surface area contributed by atoms with Crippen molar-refractivity contribution in [2.24, 2.45) is 12.8 Å². The topological polar surface area (TPSA) is 106 Å². The van der Waals surface area contributed by atoms with Crippen molar-refractivity contribution in [1.82, 2.24) is 4.73 Å². The van der Waals surface area contributed by atoms with Crippen LogP contribution in [0.5, 0.6) is 0 Å². The van der Waals surface area contributed by atoms with E-state index in [1.165, 1.54) is 14.0 Å². The molecule has 7 heteroatoms. The lowest BCUT2D eigenvalue weighted by Gasteiger charge is -2.03. The number of rotatable bonds is 1. The normalized spacial score (nSPS) is 14.6. The summed E-state index contributed by atoms with van der Waals surface area (Å²) < 4.78 is 1.48. The molecule has 0 spiro atoms. The molecule has 1 aromatic heterocycles. The summed E-state index contributed by atoms with van der Waals surface area (Å²) >= 11 is 0. The van der Waals surface area contributed by atoms with Crippen molar-refractivity contribution in [2.45, 2.75) is 6.92 Å². The molecule has 0 fully saturated rings. The van der Waals surface area contributed by atoms with Crippen LogP contribution in [0, 0.1) is 0 Å². The third-order valence-electron chi connectivity index (χ3n) is 2.66. The first-order valence-electron chi connectivity index (χ1n) is 4.77. The zero-order valence-corrected chi connectivity index (χ0v) is 9.22. The van der Waals surface area contributed by atoms with Gasteiger partial charge >= 0.3 is 11.7 Å². The SMILES string of the molecule is CC1=CC(=O)c2c(n(O)c(C(N)=O)[n+]2C)C1=O. The molecule has 0 saturated carbocycles. The molecule has 1 aliphatic carbocycles. The van der Waals surface area contributed by atoms with Crippen molar-refractivity contribution in [3.05, 3.63) is 28.9 Å². The first kappa shape index (κ1) is 11.1. The number of carbonyl (C=O) groups excluding carboxylic acids is 3. The van der Waals surface area contributed by atoms with Crippen LogP contribution in [-0.4, -0.2) is 27.4 Å². The molecule has 88 valence electrons. The Hall–Kier alpha value is -2.44. The highest BCUT2D eigenvalue weighted by molar-refractivity contribution is 6.22. The summed E-state index contributed by atoms with van der Waals surface area (Å²) in [7, 11) is 1.38. The van der Waals surface area contributed by atoms with E-state index in [1.807, 2.05) is 0 Å². The van der Waals surface area contributed by atoms with Crippen LogP contribution in [0.1, 0.15) is 38.5 Å². The van der Waals surface area contributed by atoms with Crippen LogP contribution in [0.15, 0.2) is 11.6 Å². The monoisotopic (exact) mass is 236 g/mol. The number of allylic oxidation sites excluding steroid dienone is 2. The fraction of sp³-hybridized carbons (Fsp3) is 0.200. The van der Waals surface area contributed by atoms with Gasteiger partial charge in [0.2, 0.25) is 17.3 Å². The average Bonchev–Trinajstić information content (AvgIpc) is 2.47. The standard InChI is InChI=1S/C10H9N3O4/c1-4-3-5(14)6-7(8(4)15)13(17)10(9(11)16)12(6)2/h3H,1-2H3,(H2-,11,16,17)/p+1. The number of primary amides is 1. The first-order chi connectivity index (χ1) is 7.86. The highest BCUT2D eigenvalue weighted by atomic mass is 16.5. The van der Waals surface area contributed by atoms with Crippen LogP contribution in [0.2, 0.25) is 0 Å². The third-order valence-corrected chi connectivity index (χ3v) is 2.66. The van der Waals surface area contributed by atoms with Crippen molar-refractivity contribution >= 4 is 17.5 Å². The maximum atomic E-state index is 11.8. The molecule has 17 heavy (non-hydrogen) atoms. The zero-order valence-electron chi connectivity index (χ0n) is 9.22. The summed E-state index contributed by atoms with van der Waals surface area (Å²) in [5, 5.41) is 9.73. The Morgan fingerprint density at radius 3 is 2.59 bits per heavy atom. The smallest absolute Gasteiger partial charge is 0.359 e. The summed E-state index contributed by atoms with van der Waals surface area (Å²) in [6.45, 7) is 1.46. The second kappa shape index (κ2) is 3.27. The van der Waals surface area contributed by atoms with Gasteiger partial charge in [0.05, 0.1) is 7.05 Å². The van der Waals surface area contributed by atoms with E-state index in [-0.39, 0.29) is 22.8 Å². The van der Waals surface area contributed by atoms with Gasteiger partial charge < -0.3 is 10.9 Å². The van der Waals surface area contributed by atoms with Crippen molar-refractivity contribution in [1.29, 1.82) is 0 Å². The number of amides is 1. The number of Topliss-reactive ketones (excluding diaryl/α,β-unsaturated/α-hetero) is 1. The molecule has 0 atom stereocenters. The minimum Gasteiger partial charge on any atom is -0.359 e. The van der Waals surface area contributed by atoms with Gasteiger partial charge in [-0.2, -0.15) is 0 Å². The Morgan fingerprint density at radius 2 is 2.06 bits per heavy atom. The molecule has 0 bridgehead atoms. The molecule has 0 aliphatic heterocycles. The molecule has 1 heterocycles. The highest BCUT2D eigenvalue weighted by Gasteiger charge is 2.42. The predicted molar refractivity (Wildman–Crippen MR) is 53.7 cm³/mol. The van der Waals surface area contributed by atoms with Gasteiger partial charge in [0.15, 0.2) is 0 Å². The lowest BCUT2D eigenvalue weighted by atomic mass is 9.99. The highest BCUT2D eigenvalue weighted by Crippen LogP contribution is 2.19. The van der Waals surface area contributed by atoms with E-state index in [1.54, 1.807) is 0 Å². The second-order valence-electron chi connectivity index (χ2n) is 3.78. The van der Waals surface area contributed by atoms with Gasteiger partial charge in [0, 0.05) is 5.57 Å². The fourth-order valence-corrected chi connectivity index (χ4v) is 1.89. The molecule has 1 aromatic rings. The van der Waals surface area contributed by atoms with Gasteiger partial charge in [-0.3, -0.25) is 14.4 Å². The van der Waals surface area contributed by atoms with Gasteiger partial charge in [0.1, 0.15) is 0 Å². The zero-order chi connectivity index (χ0) is 12.9. The van der Waals surface area contributed by atoms with Crippen molar-refractivity contribution in [2.75, 3.05) is 0 Å². The molecule has 1 amide bonds. The van der Waals surface area contributed by atoms with E-state index < -0.39 is 17.5 Å². The van der Waals surface area contributed by atoms with Gasteiger partial charge in [-0.1, -0.05) is 0 Å². The van der Waals surface area contributed by atoms with Gasteiger partial charge in [0.25, 0.3) is 5.69 Å². The molecule has 3 N–H and O–H groups in total. The van der Waals surface area contributed by atoms with E-state index in [0.29, 0.717) is 4.73 Å². The molecule has 0 unspecified atom stereocenters. The number of fused-ring (bicyclic) bond motifs is 1.